The molecule has 0 bridgehead atoms. The molecule has 0 radical (unpaired) electrons. The molecule has 4 nitrogen and oxygen atoms in total. The molecule has 1 fully saturated rings. The van der Waals surface area contributed by atoms with Gasteiger partial charge in [-0.2, -0.15) is 0 Å². The SMILES string of the molecule is CCCc1nc(Cl)cc(NN2C(C)CCCC2C)n1. The molecule has 2 unspecified atom stereocenters. The maximum atomic E-state index is 6.07. The highest BCUT2D eigenvalue weighted by Gasteiger charge is 2.25. The van der Waals surface area contributed by atoms with E-state index in [1.165, 1.54) is 19.3 Å². The Balaban J connectivity index is 2.13. The van der Waals surface area contributed by atoms with Gasteiger partial charge >= 0.3 is 0 Å². The van der Waals surface area contributed by atoms with Crippen LogP contribution in [0.3, 0.4) is 0 Å². The van der Waals surface area contributed by atoms with E-state index in [-0.39, 0.29) is 0 Å². The van der Waals surface area contributed by atoms with Crippen molar-refractivity contribution in [1.29, 1.82) is 0 Å². The minimum Gasteiger partial charge on any atom is -0.302 e. The number of aromatic nitrogens is 2. The molecule has 5 heteroatoms. The molecule has 1 aromatic rings. The first-order valence-electron chi connectivity index (χ1n) is 7.18. The molecule has 0 amide bonds. The number of aryl methyl sites for hydroxylation is 1. The van der Waals surface area contributed by atoms with Crippen molar-refractivity contribution < 1.29 is 0 Å². The lowest BCUT2D eigenvalue weighted by Crippen LogP contribution is -2.47. The number of halogens is 1. The zero-order chi connectivity index (χ0) is 13.8. The number of rotatable bonds is 4. The van der Waals surface area contributed by atoms with Crippen LogP contribution in [0, 0.1) is 0 Å². The van der Waals surface area contributed by atoms with E-state index in [4.69, 9.17) is 11.6 Å². The Morgan fingerprint density at radius 3 is 2.63 bits per heavy atom. The molecule has 1 N–H and O–H groups in total. The van der Waals surface area contributed by atoms with Gasteiger partial charge in [0.15, 0.2) is 0 Å². The second kappa shape index (κ2) is 6.53. The molecule has 2 heterocycles. The van der Waals surface area contributed by atoms with Crippen LogP contribution in [0.2, 0.25) is 5.15 Å². The lowest BCUT2D eigenvalue weighted by atomic mass is 10.00. The van der Waals surface area contributed by atoms with Gasteiger partial charge in [0.1, 0.15) is 16.8 Å². The Kier molecular flexibility index (Phi) is 4.99. The molecular formula is C14H23ClN4. The van der Waals surface area contributed by atoms with Crippen LogP contribution in [0.15, 0.2) is 6.07 Å². The van der Waals surface area contributed by atoms with Crippen molar-refractivity contribution in [3.63, 3.8) is 0 Å². The van der Waals surface area contributed by atoms with Gasteiger partial charge in [0.2, 0.25) is 0 Å². The van der Waals surface area contributed by atoms with Gasteiger partial charge in [0.25, 0.3) is 0 Å². The van der Waals surface area contributed by atoms with E-state index in [9.17, 15) is 0 Å². The van der Waals surface area contributed by atoms with E-state index in [0.717, 1.165) is 24.5 Å². The van der Waals surface area contributed by atoms with Gasteiger partial charge in [-0.05, 0) is 33.1 Å². The zero-order valence-electron chi connectivity index (χ0n) is 12.0. The minimum absolute atomic E-state index is 0.512. The van der Waals surface area contributed by atoms with Gasteiger partial charge in [0.05, 0.1) is 0 Å². The van der Waals surface area contributed by atoms with Crippen molar-refractivity contribution in [3.8, 4) is 0 Å². The smallest absolute Gasteiger partial charge is 0.145 e. The van der Waals surface area contributed by atoms with Gasteiger partial charge < -0.3 is 5.43 Å². The van der Waals surface area contributed by atoms with Crippen LogP contribution < -0.4 is 5.43 Å². The highest BCUT2D eigenvalue weighted by molar-refractivity contribution is 6.29. The van der Waals surface area contributed by atoms with E-state index >= 15 is 0 Å². The molecule has 2 rings (SSSR count). The van der Waals surface area contributed by atoms with E-state index in [1.807, 2.05) is 0 Å². The van der Waals surface area contributed by atoms with Crippen LogP contribution in [0.4, 0.5) is 5.82 Å². The standard InChI is InChI=1S/C14H23ClN4/c1-4-6-13-16-12(15)9-14(17-13)18-19-10(2)7-5-8-11(19)3/h9-11H,4-8H2,1-3H3,(H,16,17,18). The second-order valence-corrected chi connectivity index (χ2v) is 5.78. The topological polar surface area (TPSA) is 41.1 Å². The Hall–Kier alpha value is -0.870. The summed E-state index contributed by atoms with van der Waals surface area (Å²) in [5.74, 6) is 1.62. The van der Waals surface area contributed by atoms with Crippen molar-refractivity contribution in [2.45, 2.75) is 65.0 Å². The molecule has 0 saturated carbocycles. The Morgan fingerprint density at radius 1 is 1.32 bits per heavy atom. The number of hydrogen-bond donors (Lipinski definition) is 1. The van der Waals surface area contributed by atoms with Crippen LogP contribution in [0.25, 0.3) is 0 Å². The maximum Gasteiger partial charge on any atom is 0.145 e. The first kappa shape index (κ1) is 14.5. The molecule has 1 saturated heterocycles. The fraction of sp³-hybridized carbons (Fsp3) is 0.714. The summed E-state index contributed by atoms with van der Waals surface area (Å²) >= 11 is 6.07. The van der Waals surface area contributed by atoms with E-state index in [1.54, 1.807) is 6.07 Å². The monoisotopic (exact) mass is 282 g/mol. The van der Waals surface area contributed by atoms with Crippen LogP contribution in [-0.4, -0.2) is 27.1 Å². The summed E-state index contributed by atoms with van der Waals surface area (Å²) in [5, 5.41) is 2.80. The second-order valence-electron chi connectivity index (χ2n) is 5.39. The molecule has 1 aromatic heterocycles. The summed E-state index contributed by atoms with van der Waals surface area (Å²) in [5.41, 5.74) is 3.42. The summed E-state index contributed by atoms with van der Waals surface area (Å²) in [6.07, 6.45) is 5.62. The van der Waals surface area contributed by atoms with Crippen molar-refractivity contribution in [2.75, 3.05) is 5.43 Å². The zero-order valence-corrected chi connectivity index (χ0v) is 12.7. The van der Waals surface area contributed by atoms with Gasteiger partial charge in [-0.25, -0.2) is 15.0 Å². The first-order valence-corrected chi connectivity index (χ1v) is 7.56. The third-order valence-electron chi connectivity index (χ3n) is 3.65. The molecular weight excluding hydrogens is 260 g/mol. The fourth-order valence-electron chi connectivity index (χ4n) is 2.63. The normalized spacial score (nSPS) is 24.4. The summed E-state index contributed by atoms with van der Waals surface area (Å²) in [7, 11) is 0. The van der Waals surface area contributed by atoms with Crippen molar-refractivity contribution in [2.24, 2.45) is 0 Å². The Labute approximate surface area is 120 Å². The van der Waals surface area contributed by atoms with Gasteiger partial charge in [0, 0.05) is 24.6 Å². The minimum atomic E-state index is 0.512. The number of hydrogen-bond acceptors (Lipinski definition) is 4. The number of nitrogens with one attached hydrogen (secondary N) is 1. The predicted octanol–water partition coefficient (Wildman–Crippen LogP) is 3.67. The number of nitrogens with zero attached hydrogens (tertiary/aromatic N) is 3. The van der Waals surface area contributed by atoms with E-state index in [2.05, 4.69) is 41.2 Å². The third-order valence-corrected chi connectivity index (χ3v) is 3.85. The molecule has 0 aliphatic carbocycles. The molecule has 106 valence electrons. The number of piperidine rings is 1. The first-order chi connectivity index (χ1) is 9.10. The third kappa shape index (κ3) is 3.80. The molecule has 1 aliphatic heterocycles. The largest absolute Gasteiger partial charge is 0.302 e. The number of anilines is 1. The highest BCUT2D eigenvalue weighted by atomic mass is 35.5. The van der Waals surface area contributed by atoms with Gasteiger partial charge in [-0.1, -0.05) is 24.9 Å². The quantitative estimate of drug-likeness (QED) is 0.856. The van der Waals surface area contributed by atoms with Crippen molar-refractivity contribution in [1.82, 2.24) is 15.0 Å². The van der Waals surface area contributed by atoms with E-state index in [0.29, 0.717) is 17.2 Å². The lowest BCUT2D eigenvalue weighted by molar-refractivity contribution is 0.135. The summed E-state index contributed by atoms with van der Waals surface area (Å²) in [6.45, 7) is 6.61. The van der Waals surface area contributed by atoms with Crippen molar-refractivity contribution >= 4 is 17.4 Å². The molecule has 0 aromatic carbocycles. The average molecular weight is 283 g/mol. The summed E-state index contributed by atoms with van der Waals surface area (Å²) in [6, 6.07) is 2.84. The van der Waals surface area contributed by atoms with Crippen LogP contribution in [0.5, 0.6) is 0 Å². The highest BCUT2D eigenvalue weighted by Crippen LogP contribution is 2.23. The Bertz CT molecular complexity index is 414. The summed E-state index contributed by atoms with van der Waals surface area (Å²) < 4.78 is 0. The van der Waals surface area contributed by atoms with Crippen LogP contribution >= 0.6 is 11.6 Å². The number of hydrazine groups is 1. The van der Waals surface area contributed by atoms with E-state index < -0.39 is 0 Å². The molecule has 0 spiro atoms. The average Bonchev–Trinajstić information content (AvgIpc) is 2.34. The van der Waals surface area contributed by atoms with Gasteiger partial charge in [-0.3, -0.25) is 0 Å². The maximum absolute atomic E-state index is 6.07. The van der Waals surface area contributed by atoms with Crippen LogP contribution in [0.1, 0.15) is 52.3 Å². The molecule has 19 heavy (non-hydrogen) atoms. The lowest BCUT2D eigenvalue weighted by Gasteiger charge is -2.39. The molecule has 2 atom stereocenters. The Morgan fingerprint density at radius 2 is 2.00 bits per heavy atom. The van der Waals surface area contributed by atoms with Crippen LogP contribution in [-0.2, 0) is 6.42 Å². The fourth-order valence-corrected chi connectivity index (χ4v) is 2.83. The predicted molar refractivity (Wildman–Crippen MR) is 79.3 cm³/mol. The van der Waals surface area contributed by atoms with Crippen molar-refractivity contribution in [3.05, 3.63) is 17.0 Å². The molecule has 1 aliphatic rings. The summed E-state index contributed by atoms with van der Waals surface area (Å²) in [4.78, 5) is 8.79. The van der Waals surface area contributed by atoms with Gasteiger partial charge in [-0.15, -0.1) is 0 Å².